The number of aryl methyl sites for hydroxylation is 1. The summed E-state index contributed by atoms with van der Waals surface area (Å²) in [6.45, 7) is 5.71. The summed E-state index contributed by atoms with van der Waals surface area (Å²) in [7, 11) is 0. The van der Waals surface area contributed by atoms with Gasteiger partial charge in [0.15, 0.2) is 4.77 Å². The molecule has 0 aliphatic rings. The van der Waals surface area contributed by atoms with Crippen molar-refractivity contribution in [1.29, 1.82) is 0 Å². The summed E-state index contributed by atoms with van der Waals surface area (Å²) < 4.78 is 40.6. The van der Waals surface area contributed by atoms with E-state index in [4.69, 9.17) is 12.2 Å². The highest BCUT2D eigenvalue weighted by molar-refractivity contribution is 7.71. The van der Waals surface area contributed by atoms with Crippen molar-refractivity contribution >= 4 is 12.2 Å². The second kappa shape index (κ2) is 5.09. The molecule has 2 nitrogen and oxygen atoms in total. The van der Waals surface area contributed by atoms with Crippen LogP contribution in [0.4, 0.5) is 13.2 Å². The van der Waals surface area contributed by atoms with Crippen molar-refractivity contribution in [3.63, 3.8) is 0 Å². The molecular formula is C14H15F3N2S. The van der Waals surface area contributed by atoms with Gasteiger partial charge in [-0.3, -0.25) is 4.57 Å². The van der Waals surface area contributed by atoms with E-state index >= 15 is 0 Å². The van der Waals surface area contributed by atoms with Crippen molar-refractivity contribution in [3.8, 4) is 5.69 Å². The number of H-pyrrole nitrogens is 1. The van der Waals surface area contributed by atoms with Gasteiger partial charge in [-0.15, -0.1) is 0 Å². The zero-order valence-electron chi connectivity index (χ0n) is 11.4. The zero-order valence-corrected chi connectivity index (χ0v) is 12.2. The summed E-state index contributed by atoms with van der Waals surface area (Å²) in [5.41, 5.74) is 1.40. The molecule has 1 heterocycles. The molecule has 0 amide bonds. The monoisotopic (exact) mass is 300 g/mol. The molecule has 1 N–H and O–H groups in total. The summed E-state index contributed by atoms with van der Waals surface area (Å²) in [6.07, 6.45) is -2.62. The molecule has 1 aromatic heterocycles. The van der Waals surface area contributed by atoms with Gasteiger partial charge in [-0.25, -0.2) is 0 Å². The predicted octanol–water partition coefficient (Wildman–Crippen LogP) is 4.99. The van der Waals surface area contributed by atoms with Crippen molar-refractivity contribution in [2.75, 3.05) is 0 Å². The minimum atomic E-state index is -4.36. The topological polar surface area (TPSA) is 20.7 Å². The average molecular weight is 300 g/mol. The lowest BCUT2D eigenvalue weighted by Crippen LogP contribution is -2.09. The number of nitrogens with one attached hydrogen (secondary N) is 1. The summed E-state index contributed by atoms with van der Waals surface area (Å²) in [4.78, 5) is 2.90. The minimum Gasteiger partial charge on any atom is -0.337 e. The maximum absolute atomic E-state index is 12.9. The largest absolute Gasteiger partial charge is 0.416 e. The van der Waals surface area contributed by atoms with Crippen LogP contribution in [0.5, 0.6) is 0 Å². The lowest BCUT2D eigenvalue weighted by molar-refractivity contribution is -0.137. The molecule has 0 radical (unpaired) electrons. The molecule has 0 atom stereocenters. The predicted molar refractivity (Wildman–Crippen MR) is 74.8 cm³/mol. The number of aromatic amines is 1. The van der Waals surface area contributed by atoms with Gasteiger partial charge in [0.05, 0.1) is 11.3 Å². The van der Waals surface area contributed by atoms with Crippen LogP contribution in [-0.4, -0.2) is 9.55 Å². The van der Waals surface area contributed by atoms with Gasteiger partial charge in [-0.05, 0) is 42.8 Å². The molecule has 0 fully saturated rings. The summed E-state index contributed by atoms with van der Waals surface area (Å²) >= 11 is 5.20. The molecule has 0 bridgehead atoms. The van der Waals surface area contributed by atoms with E-state index in [0.29, 0.717) is 10.5 Å². The number of nitrogens with zero attached hydrogens (tertiary/aromatic N) is 1. The normalized spacial score (nSPS) is 12.2. The number of aromatic nitrogens is 2. The molecule has 20 heavy (non-hydrogen) atoms. The van der Waals surface area contributed by atoms with Gasteiger partial charge in [-0.2, -0.15) is 13.2 Å². The maximum atomic E-state index is 12.9. The third-order valence-electron chi connectivity index (χ3n) is 3.17. The van der Waals surface area contributed by atoms with Crippen LogP contribution < -0.4 is 0 Å². The molecule has 2 aromatic rings. The first-order valence-corrected chi connectivity index (χ1v) is 6.61. The molecule has 1 aromatic carbocycles. The summed E-state index contributed by atoms with van der Waals surface area (Å²) in [6, 6.07) is 3.70. The number of imidazole rings is 1. The number of benzene rings is 1. The Balaban J connectivity index is 2.70. The first-order valence-electron chi connectivity index (χ1n) is 6.20. The quantitative estimate of drug-likeness (QED) is 0.775. The lowest BCUT2D eigenvalue weighted by atomic mass is 10.1. The van der Waals surface area contributed by atoms with Gasteiger partial charge >= 0.3 is 6.18 Å². The Bertz CT molecular complexity index is 680. The van der Waals surface area contributed by atoms with Gasteiger partial charge in [0.1, 0.15) is 0 Å². The Hall–Kier alpha value is -1.56. The first kappa shape index (κ1) is 14.8. The fourth-order valence-electron chi connectivity index (χ4n) is 2.08. The SMILES string of the molecule is Cc1ccc(C(F)(F)F)cc1-n1c(C(C)C)c[nH]c1=S. The Morgan fingerprint density at radius 1 is 1.25 bits per heavy atom. The van der Waals surface area contributed by atoms with E-state index in [-0.39, 0.29) is 5.92 Å². The summed E-state index contributed by atoms with van der Waals surface area (Å²) in [5, 5.41) is 0. The van der Waals surface area contributed by atoms with Crippen molar-refractivity contribution in [3.05, 3.63) is 46.0 Å². The van der Waals surface area contributed by atoms with E-state index in [2.05, 4.69) is 4.98 Å². The molecule has 6 heteroatoms. The number of rotatable bonds is 2. The van der Waals surface area contributed by atoms with Crippen LogP contribution in [0.2, 0.25) is 0 Å². The van der Waals surface area contributed by atoms with Gasteiger partial charge < -0.3 is 4.98 Å². The van der Waals surface area contributed by atoms with Crippen molar-refractivity contribution < 1.29 is 13.2 Å². The summed E-state index contributed by atoms with van der Waals surface area (Å²) in [5.74, 6) is 0.150. The molecule has 0 aliphatic heterocycles. The Labute approximate surface area is 120 Å². The third kappa shape index (κ3) is 2.65. The molecule has 0 spiro atoms. The van der Waals surface area contributed by atoms with Crippen molar-refractivity contribution in [1.82, 2.24) is 9.55 Å². The van der Waals surface area contributed by atoms with Crippen LogP contribution in [0.3, 0.4) is 0 Å². The van der Waals surface area contributed by atoms with E-state index in [0.717, 1.165) is 23.4 Å². The van der Waals surface area contributed by atoms with Gasteiger partial charge in [0.2, 0.25) is 0 Å². The minimum absolute atomic E-state index is 0.150. The number of alkyl halides is 3. The second-order valence-corrected chi connectivity index (χ2v) is 5.39. The molecular weight excluding hydrogens is 285 g/mol. The third-order valence-corrected chi connectivity index (χ3v) is 3.47. The van der Waals surface area contributed by atoms with Gasteiger partial charge in [0.25, 0.3) is 0 Å². The lowest BCUT2D eigenvalue weighted by Gasteiger charge is -2.16. The highest BCUT2D eigenvalue weighted by Gasteiger charge is 2.31. The van der Waals surface area contributed by atoms with Crippen LogP contribution in [-0.2, 0) is 6.18 Å². The Morgan fingerprint density at radius 2 is 1.90 bits per heavy atom. The van der Waals surface area contributed by atoms with Crippen LogP contribution >= 0.6 is 12.2 Å². The Kier molecular flexibility index (Phi) is 3.77. The van der Waals surface area contributed by atoms with Crippen LogP contribution in [0.15, 0.2) is 24.4 Å². The fraction of sp³-hybridized carbons (Fsp3) is 0.357. The second-order valence-electron chi connectivity index (χ2n) is 5.01. The smallest absolute Gasteiger partial charge is 0.337 e. The van der Waals surface area contributed by atoms with Crippen LogP contribution in [0, 0.1) is 11.7 Å². The number of hydrogen-bond acceptors (Lipinski definition) is 1. The zero-order chi connectivity index (χ0) is 15.1. The first-order chi connectivity index (χ1) is 9.21. The van der Waals surface area contributed by atoms with E-state index < -0.39 is 11.7 Å². The Morgan fingerprint density at radius 3 is 2.45 bits per heavy atom. The van der Waals surface area contributed by atoms with E-state index in [1.165, 1.54) is 6.07 Å². The molecule has 0 saturated carbocycles. The molecule has 0 saturated heterocycles. The van der Waals surface area contributed by atoms with Crippen LogP contribution in [0.25, 0.3) is 5.69 Å². The molecule has 0 unspecified atom stereocenters. The maximum Gasteiger partial charge on any atom is 0.416 e. The molecule has 108 valence electrons. The van der Waals surface area contributed by atoms with Crippen LogP contribution in [0.1, 0.15) is 36.6 Å². The fourth-order valence-corrected chi connectivity index (χ4v) is 2.34. The van der Waals surface area contributed by atoms with E-state index in [1.807, 2.05) is 13.8 Å². The highest BCUT2D eigenvalue weighted by atomic mass is 32.1. The molecule has 2 rings (SSSR count). The number of halogens is 3. The van der Waals surface area contributed by atoms with Gasteiger partial charge in [-0.1, -0.05) is 19.9 Å². The van der Waals surface area contributed by atoms with Crippen molar-refractivity contribution in [2.24, 2.45) is 0 Å². The highest BCUT2D eigenvalue weighted by Crippen LogP contribution is 2.32. The van der Waals surface area contributed by atoms with Gasteiger partial charge in [0, 0.05) is 11.9 Å². The average Bonchev–Trinajstić information content (AvgIpc) is 2.70. The number of hydrogen-bond donors (Lipinski definition) is 1. The van der Waals surface area contributed by atoms with E-state index in [9.17, 15) is 13.2 Å². The molecule has 0 aliphatic carbocycles. The standard InChI is InChI=1S/C14H15F3N2S/c1-8(2)12-7-18-13(20)19(12)11-6-10(14(15,16)17)5-4-9(11)3/h4-8H,1-3H3,(H,18,20). The van der Waals surface area contributed by atoms with Crippen molar-refractivity contribution in [2.45, 2.75) is 32.9 Å². The van der Waals surface area contributed by atoms with E-state index in [1.54, 1.807) is 17.7 Å².